The van der Waals surface area contributed by atoms with E-state index in [4.69, 9.17) is 5.11 Å². The van der Waals surface area contributed by atoms with Gasteiger partial charge in [-0.3, -0.25) is 14.6 Å². The topological polar surface area (TPSA) is 105 Å². The van der Waals surface area contributed by atoms with Gasteiger partial charge in [0.1, 0.15) is 6.54 Å². The van der Waals surface area contributed by atoms with Crippen LogP contribution < -0.4 is 10.2 Å². The number of aliphatic carboxylic acids is 1. The minimum absolute atomic E-state index is 0.0539. The van der Waals surface area contributed by atoms with E-state index in [1.54, 1.807) is 13.0 Å². The largest absolute Gasteiger partial charge is 0.505 e. The van der Waals surface area contributed by atoms with E-state index < -0.39 is 18.4 Å². The van der Waals surface area contributed by atoms with Gasteiger partial charge in [0.05, 0.1) is 6.54 Å². The molecule has 2 aromatic rings. The van der Waals surface area contributed by atoms with Gasteiger partial charge >= 0.3 is 5.97 Å². The summed E-state index contributed by atoms with van der Waals surface area (Å²) in [5.41, 5.74) is 3.80. The van der Waals surface area contributed by atoms with E-state index >= 15 is 0 Å². The second-order valence-corrected chi connectivity index (χ2v) is 8.18. The molecule has 0 aliphatic carbocycles. The Bertz CT molecular complexity index is 1090. The monoisotopic (exact) mass is 448 g/mol. The molecule has 8 heteroatoms. The predicted molar refractivity (Wildman–Crippen MR) is 127 cm³/mol. The highest BCUT2D eigenvalue weighted by molar-refractivity contribution is 6.01. The Balaban J connectivity index is 1.61. The number of hydrazone groups is 1. The van der Waals surface area contributed by atoms with Gasteiger partial charge in [-0.15, -0.1) is 0 Å². The number of fused-ring (bicyclic) bond motifs is 1. The number of carbonyl (C=O) groups excluding carboxylic acids is 1. The summed E-state index contributed by atoms with van der Waals surface area (Å²) in [5.74, 6) is -1.52. The highest BCUT2D eigenvalue weighted by Crippen LogP contribution is 2.38. The molecule has 0 spiro atoms. The molecule has 2 aliphatic heterocycles. The van der Waals surface area contributed by atoms with Gasteiger partial charge in [-0.25, -0.2) is 0 Å². The van der Waals surface area contributed by atoms with Crippen molar-refractivity contribution in [1.82, 2.24) is 10.3 Å². The molecule has 33 heavy (non-hydrogen) atoms. The molecule has 1 saturated heterocycles. The number of piperidine rings is 1. The third-order valence-corrected chi connectivity index (χ3v) is 6.17. The highest BCUT2D eigenvalue weighted by atomic mass is 16.4. The molecule has 8 nitrogen and oxygen atoms in total. The Morgan fingerprint density at radius 1 is 1.12 bits per heavy atom. The summed E-state index contributed by atoms with van der Waals surface area (Å²) < 4.78 is 0. The Labute approximate surface area is 192 Å². The maximum atomic E-state index is 12.6. The Kier molecular flexibility index (Phi) is 6.63. The quantitative estimate of drug-likeness (QED) is 0.586. The Morgan fingerprint density at radius 2 is 1.85 bits per heavy atom. The fourth-order valence-corrected chi connectivity index (χ4v) is 4.62. The highest BCUT2D eigenvalue weighted by Gasteiger charge is 2.32. The van der Waals surface area contributed by atoms with Crippen LogP contribution in [0.5, 0.6) is 0 Å². The first-order chi connectivity index (χ1) is 16.0. The van der Waals surface area contributed by atoms with Crippen molar-refractivity contribution in [3.63, 3.8) is 0 Å². The van der Waals surface area contributed by atoms with Crippen LogP contribution in [-0.2, 0) is 16.1 Å². The second kappa shape index (κ2) is 9.77. The molecule has 0 radical (unpaired) electrons. The summed E-state index contributed by atoms with van der Waals surface area (Å²) in [7, 11) is 0. The van der Waals surface area contributed by atoms with Crippen LogP contribution in [0.15, 0.2) is 59.3 Å². The number of rotatable bonds is 6. The zero-order valence-electron chi connectivity index (χ0n) is 18.6. The number of benzene rings is 2. The fraction of sp³-hybridized carbons (Fsp3) is 0.320. The van der Waals surface area contributed by atoms with Gasteiger partial charge in [0, 0.05) is 36.1 Å². The number of aliphatic hydroxyl groups is 1. The maximum absolute atomic E-state index is 12.6. The van der Waals surface area contributed by atoms with Gasteiger partial charge in [-0.1, -0.05) is 42.5 Å². The molecule has 3 N–H and O–H groups in total. The Hall–Kier alpha value is -3.81. The lowest BCUT2D eigenvalue weighted by Gasteiger charge is -2.37. The number of carbonyl (C=O) groups is 2. The number of carboxylic acids is 1. The molecule has 0 atom stereocenters. The third kappa shape index (κ3) is 4.69. The lowest BCUT2D eigenvalue weighted by molar-refractivity contribution is -0.137. The van der Waals surface area contributed by atoms with Crippen LogP contribution in [0.2, 0.25) is 0 Å². The van der Waals surface area contributed by atoms with Gasteiger partial charge in [0.25, 0.3) is 5.91 Å². The fourth-order valence-electron chi connectivity index (χ4n) is 4.62. The van der Waals surface area contributed by atoms with E-state index in [1.807, 2.05) is 18.2 Å². The van der Waals surface area contributed by atoms with E-state index in [1.165, 1.54) is 16.8 Å². The number of carboxylic acid groups (broad SMARTS) is 1. The third-order valence-electron chi connectivity index (χ3n) is 6.17. The Morgan fingerprint density at radius 3 is 2.52 bits per heavy atom. The molecular weight excluding hydrogens is 420 g/mol. The lowest BCUT2D eigenvalue weighted by atomic mass is 9.88. The lowest BCUT2D eigenvalue weighted by Crippen LogP contribution is -2.39. The van der Waals surface area contributed by atoms with E-state index in [0.717, 1.165) is 37.2 Å². The molecule has 0 saturated carbocycles. The molecule has 2 heterocycles. The molecule has 1 amide bonds. The summed E-state index contributed by atoms with van der Waals surface area (Å²) in [6.45, 7) is 3.27. The molecule has 2 aliphatic rings. The normalized spacial score (nSPS) is 16.8. The van der Waals surface area contributed by atoms with Crippen molar-refractivity contribution in [2.75, 3.05) is 24.5 Å². The molecule has 0 unspecified atom stereocenters. The smallest absolute Gasteiger partial charge is 0.322 e. The number of anilines is 1. The average molecular weight is 449 g/mol. The average Bonchev–Trinajstić information content (AvgIpc) is 2.83. The number of hydrogen-bond acceptors (Lipinski definition) is 6. The minimum Gasteiger partial charge on any atom is -0.505 e. The van der Waals surface area contributed by atoms with Crippen LogP contribution in [0.1, 0.15) is 42.4 Å². The van der Waals surface area contributed by atoms with Gasteiger partial charge < -0.3 is 20.4 Å². The zero-order valence-corrected chi connectivity index (χ0v) is 18.6. The van der Waals surface area contributed by atoms with Crippen molar-refractivity contribution >= 4 is 29.5 Å². The van der Waals surface area contributed by atoms with Crippen LogP contribution >= 0.6 is 0 Å². The van der Waals surface area contributed by atoms with E-state index in [-0.39, 0.29) is 11.5 Å². The number of hydrogen-bond donors (Lipinski definition) is 3. The number of nitrogens with zero attached hydrogens (tertiary/aromatic N) is 3. The summed E-state index contributed by atoms with van der Waals surface area (Å²) >= 11 is 0. The summed E-state index contributed by atoms with van der Waals surface area (Å²) in [6.07, 6.45) is 3.61. The van der Waals surface area contributed by atoms with E-state index in [0.29, 0.717) is 18.0 Å². The molecule has 1 fully saturated rings. The SMILES string of the molecule is C/C=N\N1Cc2c(cccc2N2CCC(c3ccccc3)CC2)C(O)=C1C(=O)NCC(=O)O. The van der Waals surface area contributed by atoms with Crippen molar-refractivity contribution < 1.29 is 19.8 Å². The van der Waals surface area contributed by atoms with Crippen LogP contribution in [0.4, 0.5) is 5.69 Å². The zero-order chi connectivity index (χ0) is 23.4. The molecule has 172 valence electrons. The van der Waals surface area contributed by atoms with Crippen LogP contribution in [-0.4, -0.2) is 52.9 Å². The summed E-state index contributed by atoms with van der Waals surface area (Å²) in [4.78, 5) is 25.8. The minimum atomic E-state index is -1.16. The van der Waals surface area contributed by atoms with Crippen LogP contribution in [0.3, 0.4) is 0 Å². The van der Waals surface area contributed by atoms with Crippen molar-refractivity contribution in [2.24, 2.45) is 5.10 Å². The van der Waals surface area contributed by atoms with E-state index in [2.05, 4.69) is 39.6 Å². The summed E-state index contributed by atoms with van der Waals surface area (Å²) in [6, 6.07) is 16.3. The van der Waals surface area contributed by atoms with Crippen molar-refractivity contribution in [3.05, 3.63) is 70.9 Å². The van der Waals surface area contributed by atoms with Gasteiger partial charge in [-0.05, 0) is 37.3 Å². The van der Waals surface area contributed by atoms with E-state index in [9.17, 15) is 14.7 Å². The van der Waals surface area contributed by atoms with Crippen molar-refractivity contribution in [2.45, 2.75) is 32.2 Å². The van der Waals surface area contributed by atoms with Gasteiger partial charge in [0.2, 0.25) is 0 Å². The predicted octanol–water partition coefficient (Wildman–Crippen LogP) is 3.32. The number of amides is 1. The molecular formula is C25H28N4O4. The molecule has 0 aromatic heterocycles. The first-order valence-corrected chi connectivity index (χ1v) is 11.1. The van der Waals surface area contributed by atoms with Gasteiger partial charge in [0.15, 0.2) is 11.5 Å². The maximum Gasteiger partial charge on any atom is 0.322 e. The first kappa shape index (κ1) is 22.4. The standard InChI is InChI=1S/C25H28N4O4/c1-2-27-29-16-20-19(24(32)23(29)25(33)26-15-22(30)31)9-6-10-21(20)28-13-11-18(12-14-28)17-7-4-3-5-8-17/h2-10,18,32H,11-16H2,1H3,(H,26,33)(H,30,31)/b27-2-. The first-order valence-electron chi connectivity index (χ1n) is 11.1. The molecule has 0 bridgehead atoms. The number of aliphatic hydroxyl groups excluding tert-OH is 1. The van der Waals surface area contributed by atoms with Gasteiger partial charge in [-0.2, -0.15) is 5.10 Å². The molecule has 2 aromatic carbocycles. The van der Waals surface area contributed by atoms with Crippen LogP contribution in [0, 0.1) is 0 Å². The summed E-state index contributed by atoms with van der Waals surface area (Å²) in [5, 5.41) is 27.9. The second-order valence-electron chi connectivity index (χ2n) is 8.18. The van der Waals surface area contributed by atoms with Crippen LogP contribution in [0.25, 0.3) is 5.76 Å². The van der Waals surface area contributed by atoms with Crippen molar-refractivity contribution in [1.29, 1.82) is 0 Å². The molecule has 4 rings (SSSR count). The number of nitrogens with one attached hydrogen (secondary N) is 1. The van der Waals surface area contributed by atoms with Crippen molar-refractivity contribution in [3.8, 4) is 0 Å².